The van der Waals surface area contributed by atoms with E-state index in [0.717, 1.165) is 61.6 Å². The van der Waals surface area contributed by atoms with E-state index in [2.05, 4.69) is 12.7 Å². The number of phenolic OH excluding ortho intramolecular Hbond substituents is 1. The largest absolute Gasteiger partial charge is 0.508 e. The fourth-order valence-electron chi connectivity index (χ4n) is 8.91. The number of aromatic hydroxyl groups is 1. The number of fused-ring (bicyclic) bond motifs is 2. The third kappa shape index (κ3) is 8.43. The maximum atomic E-state index is 14.4. The molecule has 2 aliphatic heterocycles. The van der Waals surface area contributed by atoms with Crippen LogP contribution in [0.3, 0.4) is 0 Å². The van der Waals surface area contributed by atoms with E-state index in [4.69, 9.17) is 28.9 Å². The van der Waals surface area contributed by atoms with Crippen molar-refractivity contribution >= 4 is 11.6 Å². The molecule has 0 radical (unpaired) electrons. The highest BCUT2D eigenvalue weighted by Crippen LogP contribution is 2.61. The Balaban J connectivity index is 1.51. The number of rotatable bonds is 17. The molecule has 3 N–H and O–H groups in total. The van der Waals surface area contributed by atoms with Gasteiger partial charge in [0.15, 0.2) is 0 Å². The highest BCUT2D eigenvalue weighted by Gasteiger charge is 2.65. The minimum atomic E-state index is -1.35. The number of carbonyl (C=O) groups is 1. The van der Waals surface area contributed by atoms with Gasteiger partial charge in [-0.25, -0.2) is 0 Å². The molecule has 0 spiro atoms. The first kappa shape index (κ1) is 38.8. The molecule has 0 bridgehead atoms. The van der Waals surface area contributed by atoms with Crippen LogP contribution in [0.5, 0.6) is 17.2 Å². The van der Waals surface area contributed by atoms with Gasteiger partial charge < -0.3 is 44.0 Å². The molecule has 7 atom stereocenters. The van der Waals surface area contributed by atoms with E-state index in [1.165, 1.54) is 0 Å². The van der Waals surface area contributed by atoms with Crippen molar-refractivity contribution < 1.29 is 43.9 Å². The first-order valence-electron chi connectivity index (χ1n) is 19.3. The van der Waals surface area contributed by atoms with Crippen molar-refractivity contribution in [2.75, 3.05) is 40.6 Å². The number of unbranched alkanes of at least 4 members (excludes halogenated alkanes) is 2. The van der Waals surface area contributed by atoms with Gasteiger partial charge in [-0.3, -0.25) is 4.79 Å². The summed E-state index contributed by atoms with van der Waals surface area (Å²) in [6, 6.07) is 12.1. The monoisotopic (exact) mass is 732 g/mol. The van der Waals surface area contributed by atoms with Crippen LogP contribution in [0.1, 0.15) is 81.3 Å². The van der Waals surface area contributed by atoms with E-state index in [1.54, 1.807) is 43.3 Å². The SMILES string of the molecule is C=CCO[C@@]12Oc3ccc(O)cc3[C@H]3[C@H](CCCCO)[C@@H](CCCCO)C=C(C(=NOC4CCCCO4)C[C@@H]1N(C)C(=O)Cc1cccc(OC)c1)[C@H]32. The Morgan fingerprint density at radius 2 is 1.91 bits per heavy atom. The zero-order valence-corrected chi connectivity index (χ0v) is 31.2. The number of hydrogen-bond donors (Lipinski definition) is 3. The summed E-state index contributed by atoms with van der Waals surface area (Å²) in [5.41, 5.74) is 3.36. The quantitative estimate of drug-likeness (QED) is 0.0977. The average Bonchev–Trinajstić information content (AvgIpc) is 3.18. The summed E-state index contributed by atoms with van der Waals surface area (Å²) in [5, 5.41) is 35.3. The minimum absolute atomic E-state index is 0.0746. The molecule has 0 aromatic heterocycles. The molecule has 1 saturated carbocycles. The zero-order valence-electron chi connectivity index (χ0n) is 31.2. The van der Waals surface area contributed by atoms with Gasteiger partial charge in [-0.1, -0.05) is 42.3 Å². The molecule has 2 aliphatic carbocycles. The van der Waals surface area contributed by atoms with Gasteiger partial charge in [0.2, 0.25) is 18.0 Å². The number of methoxy groups -OCH3 is 1. The van der Waals surface area contributed by atoms with Crippen LogP contribution in [-0.4, -0.2) is 90.5 Å². The van der Waals surface area contributed by atoms with Crippen molar-refractivity contribution in [2.24, 2.45) is 22.9 Å². The van der Waals surface area contributed by atoms with Gasteiger partial charge >= 0.3 is 0 Å². The van der Waals surface area contributed by atoms with Crippen molar-refractivity contribution in [2.45, 2.75) is 94.7 Å². The number of amides is 1. The van der Waals surface area contributed by atoms with Crippen LogP contribution >= 0.6 is 0 Å². The minimum Gasteiger partial charge on any atom is -0.508 e. The number of aliphatic hydroxyl groups excluding tert-OH is 2. The summed E-state index contributed by atoms with van der Waals surface area (Å²) in [5.74, 6) is -0.526. The van der Waals surface area contributed by atoms with E-state index >= 15 is 0 Å². The summed E-state index contributed by atoms with van der Waals surface area (Å²) < 4.78 is 25.4. The smallest absolute Gasteiger partial charge is 0.239 e. The van der Waals surface area contributed by atoms with Crippen LogP contribution in [0.4, 0.5) is 0 Å². The predicted octanol–water partition coefficient (Wildman–Crippen LogP) is 6.26. The molecule has 2 aromatic rings. The Hall–Kier alpha value is -3.90. The molecular weight excluding hydrogens is 676 g/mol. The van der Waals surface area contributed by atoms with Gasteiger partial charge in [0.05, 0.1) is 38.4 Å². The van der Waals surface area contributed by atoms with Gasteiger partial charge in [-0.2, -0.15) is 0 Å². The van der Waals surface area contributed by atoms with Gasteiger partial charge in [-0.05, 0) is 91.8 Å². The van der Waals surface area contributed by atoms with Crippen LogP contribution in [0.15, 0.2) is 71.9 Å². The Morgan fingerprint density at radius 3 is 2.64 bits per heavy atom. The lowest BCUT2D eigenvalue weighted by molar-refractivity contribution is -0.255. The van der Waals surface area contributed by atoms with Gasteiger partial charge in [0, 0.05) is 44.6 Å². The number of phenols is 1. The lowest BCUT2D eigenvalue weighted by atomic mass is 9.55. The second-order valence-electron chi connectivity index (χ2n) is 14.7. The lowest BCUT2D eigenvalue weighted by Crippen LogP contribution is -2.69. The number of benzene rings is 2. The van der Waals surface area contributed by atoms with Crippen molar-refractivity contribution in [1.82, 2.24) is 4.90 Å². The van der Waals surface area contributed by atoms with Crippen LogP contribution in [0, 0.1) is 17.8 Å². The normalized spacial score (nSPS) is 28.2. The number of allylic oxidation sites excluding steroid dienone is 1. The molecular formula is C42H56N2O9. The average molecular weight is 733 g/mol. The molecule has 1 unspecified atom stereocenters. The number of oxime groups is 1. The maximum Gasteiger partial charge on any atom is 0.239 e. The van der Waals surface area contributed by atoms with Crippen molar-refractivity contribution in [3.05, 3.63) is 77.9 Å². The van der Waals surface area contributed by atoms with Crippen molar-refractivity contribution in [3.8, 4) is 17.2 Å². The zero-order chi connectivity index (χ0) is 37.4. The van der Waals surface area contributed by atoms with E-state index in [9.17, 15) is 20.1 Å². The Kier molecular flexibility index (Phi) is 13.1. The summed E-state index contributed by atoms with van der Waals surface area (Å²) in [6.07, 6.45) is 11.4. The lowest BCUT2D eigenvalue weighted by Gasteiger charge is -2.59. The molecule has 288 valence electrons. The molecule has 2 aromatic carbocycles. The molecule has 1 saturated heterocycles. The van der Waals surface area contributed by atoms with E-state index in [-0.39, 0.29) is 55.7 Å². The second kappa shape index (κ2) is 18.0. The molecule has 11 heteroatoms. The molecule has 2 fully saturated rings. The number of likely N-dealkylation sites (N-methyl/N-ethyl adjacent to an activating group) is 1. The number of hydrogen-bond acceptors (Lipinski definition) is 10. The second-order valence-corrected chi connectivity index (χ2v) is 14.7. The highest BCUT2D eigenvalue weighted by molar-refractivity contribution is 6.03. The third-order valence-electron chi connectivity index (χ3n) is 11.4. The van der Waals surface area contributed by atoms with Crippen LogP contribution in [0.25, 0.3) is 0 Å². The Bertz CT molecular complexity index is 1620. The van der Waals surface area contributed by atoms with Gasteiger partial charge in [0.1, 0.15) is 23.3 Å². The predicted molar refractivity (Wildman–Crippen MR) is 201 cm³/mol. The van der Waals surface area contributed by atoms with E-state index in [1.807, 2.05) is 24.3 Å². The number of aliphatic hydroxyl groups is 2. The molecule has 6 rings (SSSR count). The van der Waals surface area contributed by atoms with Crippen molar-refractivity contribution in [3.63, 3.8) is 0 Å². The number of nitrogens with zero attached hydrogens (tertiary/aromatic N) is 2. The summed E-state index contributed by atoms with van der Waals surface area (Å²) >= 11 is 0. The molecule has 4 aliphatic rings. The Labute approximate surface area is 313 Å². The summed E-state index contributed by atoms with van der Waals surface area (Å²) in [4.78, 5) is 22.3. The van der Waals surface area contributed by atoms with Gasteiger partial charge in [-0.15, -0.1) is 6.58 Å². The van der Waals surface area contributed by atoms with Crippen molar-refractivity contribution in [1.29, 1.82) is 0 Å². The standard InChI is InChI=1S/C42H56N2O9/c1-4-21-51-42-37(44(2)38(48)24-28-12-11-14-31(23-28)49-3)27-35(43-53-39-16-7-10-22-50-39)33-25-29(13-5-8-19-45)32(15-6-9-20-46)40(41(33)42)34-26-30(47)17-18-36(34)52-42/h4,11-12,14,17-18,23,25-26,29,32,37,39-41,45-47H,1,5-10,13,15-16,19-22,24,27H2,2-3H3/t29-,32+,37-,39?,40+,41+,42+/m0/s1. The molecule has 1 amide bonds. The molecule has 11 nitrogen and oxygen atoms in total. The van der Waals surface area contributed by atoms with Crippen LogP contribution < -0.4 is 9.47 Å². The fraction of sp³-hybridized carbons (Fsp3) is 0.571. The summed E-state index contributed by atoms with van der Waals surface area (Å²) in [7, 11) is 3.41. The number of ether oxygens (including phenoxy) is 4. The van der Waals surface area contributed by atoms with Crippen LogP contribution in [-0.2, 0) is 25.5 Å². The first-order valence-corrected chi connectivity index (χ1v) is 19.3. The first-order chi connectivity index (χ1) is 25.8. The van der Waals surface area contributed by atoms with E-state index in [0.29, 0.717) is 43.1 Å². The Morgan fingerprint density at radius 1 is 1.09 bits per heavy atom. The molecule has 53 heavy (non-hydrogen) atoms. The van der Waals surface area contributed by atoms with E-state index < -0.39 is 24.0 Å². The third-order valence-corrected chi connectivity index (χ3v) is 11.4. The van der Waals surface area contributed by atoms with Crippen LogP contribution in [0.2, 0.25) is 0 Å². The highest BCUT2D eigenvalue weighted by atomic mass is 16.8. The summed E-state index contributed by atoms with van der Waals surface area (Å²) in [6.45, 7) is 4.98. The van der Waals surface area contributed by atoms with Gasteiger partial charge in [0.25, 0.3) is 0 Å². The number of carbonyl (C=O) groups excluding carboxylic acids is 1. The topological polar surface area (TPSA) is 140 Å². The molecule has 2 heterocycles. The maximum absolute atomic E-state index is 14.4. The fourth-order valence-corrected chi connectivity index (χ4v) is 8.91.